The van der Waals surface area contributed by atoms with Crippen LogP contribution in [-0.2, 0) is 4.79 Å². The van der Waals surface area contributed by atoms with E-state index >= 15 is 0 Å². The summed E-state index contributed by atoms with van der Waals surface area (Å²) in [6, 6.07) is 0.845. The van der Waals surface area contributed by atoms with Crippen LogP contribution in [0.2, 0.25) is 0 Å². The lowest BCUT2D eigenvalue weighted by Gasteiger charge is -2.58. The topological polar surface area (TPSA) is 58.7 Å². The average molecular weight is 740 g/mol. The Morgan fingerprint density at radius 1 is 1.00 bits per heavy atom. The zero-order valence-corrected chi connectivity index (χ0v) is 35.4. The number of carbonyl (C=O) groups is 1. The summed E-state index contributed by atoms with van der Waals surface area (Å²) < 4.78 is 0. The van der Waals surface area contributed by atoms with Crippen molar-refractivity contribution in [2.45, 2.75) is 174 Å². The Hall–Kier alpha value is -0.460. The zero-order chi connectivity index (χ0) is 36.3. The zero-order valence-electron chi connectivity index (χ0n) is 33.8. The monoisotopic (exact) mass is 740 g/mol. The molecule has 0 heterocycles. The second-order valence-electron chi connectivity index (χ2n) is 19.7. The van der Waals surface area contributed by atoms with Gasteiger partial charge in [0.2, 0.25) is 5.91 Å². The first-order valence-corrected chi connectivity index (χ1v) is 24.3. The highest BCUT2D eigenvalue weighted by atomic mass is 33.1. The normalized spacial score (nSPS) is 39.8. The summed E-state index contributed by atoms with van der Waals surface area (Å²) >= 11 is 0. The Morgan fingerprint density at radius 2 is 1.73 bits per heavy atom. The molecule has 0 aliphatic heterocycles. The molecule has 0 radical (unpaired) electrons. The number of aliphatic imine (C=N–C) groups is 1. The highest BCUT2D eigenvalue weighted by Gasteiger charge is 2.59. The van der Waals surface area contributed by atoms with Gasteiger partial charge in [-0.2, -0.15) is 0 Å². The third kappa shape index (κ3) is 9.00. The molecule has 51 heavy (non-hydrogen) atoms. The lowest BCUT2D eigenvalue weighted by molar-refractivity contribution is -0.131. The van der Waals surface area contributed by atoms with Gasteiger partial charge < -0.3 is 10.6 Å². The van der Waals surface area contributed by atoms with Crippen LogP contribution in [0.1, 0.15) is 157 Å². The van der Waals surface area contributed by atoms with Crippen molar-refractivity contribution in [3.05, 3.63) is 11.6 Å². The Bertz CT molecular complexity index is 1190. The van der Waals surface area contributed by atoms with E-state index in [4.69, 9.17) is 5.73 Å². The quantitative estimate of drug-likeness (QED) is 0.0658. The van der Waals surface area contributed by atoms with Gasteiger partial charge >= 0.3 is 0 Å². The van der Waals surface area contributed by atoms with Gasteiger partial charge in [-0.3, -0.25) is 9.79 Å². The molecular weight excluding hydrogens is 663 g/mol. The van der Waals surface area contributed by atoms with Crippen LogP contribution < -0.4 is 5.73 Å². The fourth-order valence-corrected chi connectivity index (χ4v) is 15.6. The minimum Gasteiger partial charge on any atom is -0.343 e. The standard InChI is InChI=1S/C45H77N3OS2/c1-8-34(30(2)3)10-9-31(4)40-13-14-41-39-12-11-35-29-38(15-20-44(35,5)42(39)16-21-45(40,41)6)51-50-24-19-43(49)48(22-17-32-25-36(46)26-32)23-18-33-27-37(28-33)47-7/h11,30-34,36-42H,7-10,12-29,46H2,1-6H3/t31-,32?,33?,34-,36?,37?,38+,39+,40-,41+,42+,44+,45-/m1/s1. The number of carbonyl (C=O) groups excluding carboxylic acids is 1. The van der Waals surface area contributed by atoms with E-state index in [9.17, 15) is 4.79 Å². The number of hydrogen-bond acceptors (Lipinski definition) is 5. The summed E-state index contributed by atoms with van der Waals surface area (Å²) in [5.74, 6) is 9.01. The maximum absolute atomic E-state index is 13.5. The van der Waals surface area contributed by atoms with Crippen molar-refractivity contribution >= 4 is 34.2 Å². The molecule has 2 N–H and O–H groups in total. The van der Waals surface area contributed by atoms with Crippen molar-refractivity contribution in [3.63, 3.8) is 0 Å². The smallest absolute Gasteiger partial charge is 0.223 e. The van der Waals surface area contributed by atoms with Crippen LogP contribution in [0, 0.1) is 64.1 Å². The Morgan fingerprint density at radius 3 is 2.39 bits per heavy atom. The lowest BCUT2D eigenvalue weighted by atomic mass is 9.47. The summed E-state index contributed by atoms with van der Waals surface area (Å²) in [5, 5.41) is 0.702. The van der Waals surface area contributed by atoms with Gasteiger partial charge in [0.15, 0.2) is 0 Å². The molecule has 0 spiro atoms. The minimum atomic E-state index is 0.371. The number of rotatable bonds is 18. The predicted octanol–water partition coefficient (Wildman–Crippen LogP) is 11.6. The van der Waals surface area contributed by atoms with Crippen molar-refractivity contribution in [2.75, 3.05) is 18.8 Å². The minimum absolute atomic E-state index is 0.371. The largest absolute Gasteiger partial charge is 0.343 e. The fraction of sp³-hybridized carbons (Fsp3) is 0.911. The maximum atomic E-state index is 13.5. The van der Waals surface area contributed by atoms with Gasteiger partial charge in [-0.05, 0) is 167 Å². The van der Waals surface area contributed by atoms with Gasteiger partial charge in [-0.1, -0.05) is 87.6 Å². The predicted molar refractivity (Wildman–Crippen MR) is 223 cm³/mol. The van der Waals surface area contributed by atoms with Crippen molar-refractivity contribution in [3.8, 4) is 0 Å². The van der Waals surface area contributed by atoms with E-state index in [1.54, 1.807) is 0 Å². The van der Waals surface area contributed by atoms with Gasteiger partial charge in [0.05, 0.1) is 0 Å². The van der Waals surface area contributed by atoms with Gasteiger partial charge in [-0.15, -0.1) is 0 Å². The molecule has 0 unspecified atom stereocenters. The average Bonchev–Trinajstić information content (AvgIpc) is 3.43. The van der Waals surface area contributed by atoms with Gasteiger partial charge in [-0.25, -0.2) is 0 Å². The molecule has 6 aliphatic carbocycles. The molecule has 1 amide bonds. The molecule has 6 rings (SSSR count). The maximum Gasteiger partial charge on any atom is 0.223 e. The summed E-state index contributed by atoms with van der Waals surface area (Å²) in [6.07, 6.45) is 25.7. The van der Waals surface area contributed by atoms with E-state index in [-0.39, 0.29) is 0 Å². The van der Waals surface area contributed by atoms with Crippen molar-refractivity contribution in [2.24, 2.45) is 74.8 Å². The summed E-state index contributed by atoms with van der Waals surface area (Å²) in [4.78, 5) is 19.9. The highest BCUT2D eigenvalue weighted by Crippen LogP contribution is 2.68. The molecular formula is C45H77N3OS2. The SMILES string of the molecule is C=NC1CC(CCN(CCC2CC(N)C2)C(=O)CCSS[C@H]2CC[C@@]3(C)C(=CC[C@H]4[C@@H]5CC[C@H]([C@H](C)CC[C@@H](CC)C(C)C)[C@@]5(C)CC[C@@H]43)C2)C1. The van der Waals surface area contributed by atoms with Gasteiger partial charge in [0, 0.05) is 42.6 Å². The number of fused-ring (bicyclic) bond motifs is 5. The van der Waals surface area contributed by atoms with Crippen LogP contribution >= 0.6 is 21.6 Å². The number of allylic oxidation sites excluding steroid dienone is 2. The number of nitrogens with two attached hydrogens (primary N) is 1. The molecule has 290 valence electrons. The molecule has 6 aliphatic rings. The van der Waals surface area contributed by atoms with E-state index in [0.29, 0.717) is 46.4 Å². The second-order valence-corrected chi connectivity index (χ2v) is 22.5. The third-order valence-electron chi connectivity index (χ3n) is 16.6. The Balaban J connectivity index is 0.961. The van der Waals surface area contributed by atoms with Crippen LogP contribution in [-0.4, -0.2) is 53.7 Å². The van der Waals surface area contributed by atoms with E-state index in [1.807, 2.05) is 16.4 Å². The molecule has 5 saturated carbocycles. The van der Waals surface area contributed by atoms with Crippen molar-refractivity contribution < 1.29 is 4.79 Å². The Kier molecular flexibility index (Phi) is 13.8. The molecule has 6 heteroatoms. The number of nitrogens with zero attached hydrogens (tertiary/aromatic N) is 2. The van der Waals surface area contributed by atoms with Crippen molar-refractivity contribution in [1.82, 2.24) is 4.90 Å². The molecule has 0 saturated heterocycles. The van der Waals surface area contributed by atoms with Crippen LogP contribution in [0.5, 0.6) is 0 Å². The number of amides is 1. The van der Waals surface area contributed by atoms with Gasteiger partial charge in [0.1, 0.15) is 0 Å². The Labute approximate surface area is 322 Å². The molecule has 0 aromatic rings. The van der Waals surface area contributed by atoms with Crippen LogP contribution in [0.4, 0.5) is 0 Å². The first-order valence-electron chi connectivity index (χ1n) is 21.9. The van der Waals surface area contributed by atoms with E-state index < -0.39 is 0 Å². The number of hydrogen-bond donors (Lipinski definition) is 1. The summed E-state index contributed by atoms with van der Waals surface area (Å²) in [5.41, 5.74) is 8.85. The van der Waals surface area contributed by atoms with Crippen LogP contribution in [0.15, 0.2) is 16.6 Å². The summed E-state index contributed by atoms with van der Waals surface area (Å²) in [6.45, 7) is 20.9. The highest BCUT2D eigenvalue weighted by molar-refractivity contribution is 8.76. The first-order chi connectivity index (χ1) is 24.4. The molecule has 0 aromatic heterocycles. The third-order valence-corrected chi connectivity index (χ3v) is 19.5. The van der Waals surface area contributed by atoms with Gasteiger partial charge in [0.25, 0.3) is 0 Å². The van der Waals surface area contributed by atoms with Crippen molar-refractivity contribution in [1.29, 1.82) is 0 Å². The van der Waals surface area contributed by atoms with E-state index in [2.05, 4.69) is 75.0 Å². The fourth-order valence-electron chi connectivity index (χ4n) is 12.9. The van der Waals surface area contributed by atoms with Crippen LogP contribution in [0.3, 0.4) is 0 Å². The molecule has 4 nitrogen and oxygen atoms in total. The second kappa shape index (κ2) is 17.6. The molecule has 0 bridgehead atoms. The van der Waals surface area contributed by atoms with E-state index in [0.717, 1.165) is 105 Å². The molecule has 0 aromatic carbocycles. The van der Waals surface area contributed by atoms with Crippen LogP contribution in [0.25, 0.3) is 0 Å². The summed E-state index contributed by atoms with van der Waals surface area (Å²) in [7, 11) is 4.08. The first kappa shape index (κ1) is 40.2. The lowest BCUT2D eigenvalue weighted by Crippen LogP contribution is -2.50. The molecule has 9 atom stereocenters. The molecule has 5 fully saturated rings. The van der Waals surface area contributed by atoms with E-state index in [1.165, 1.54) is 70.6 Å².